The van der Waals surface area contributed by atoms with E-state index in [2.05, 4.69) is 5.32 Å². The molecule has 1 unspecified atom stereocenters. The van der Waals surface area contributed by atoms with Crippen LogP contribution in [-0.4, -0.2) is 31.7 Å². The number of carbonyl (C=O) groups excluding carboxylic acids is 2. The molecule has 1 aliphatic rings. The second-order valence-corrected chi connectivity index (χ2v) is 5.09. The number of hydrogen-bond donors (Lipinski definition) is 2. The first-order valence-electron chi connectivity index (χ1n) is 6.62. The zero-order chi connectivity index (χ0) is 15.4. The average Bonchev–Trinajstić information content (AvgIpc) is 2.77. The molecular weight excluding hydrogens is 296 g/mol. The van der Waals surface area contributed by atoms with Crippen molar-refractivity contribution < 1.29 is 19.1 Å². The molecule has 0 aliphatic carbocycles. The Bertz CT molecular complexity index is 562. The van der Waals surface area contributed by atoms with Gasteiger partial charge in [0.25, 0.3) is 0 Å². The van der Waals surface area contributed by atoms with Gasteiger partial charge in [0.15, 0.2) is 0 Å². The Kier molecular flexibility index (Phi) is 5.17. The number of esters is 1. The minimum absolute atomic E-state index is 0.0645. The summed E-state index contributed by atoms with van der Waals surface area (Å²) >= 11 is 6.16. The van der Waals surface area contributed by atoms with E-state index in [1.807, 2.05) is 0 Å². The van der Waals surface area contributed by atoms with Crippen LogP contribution in [0.5, 0.6) is 0 Å². The molecule has 0 fully saturated rings. The van der Waals surface area contributed by atoms with Gasteiger partial charge in [-0.05, 0) is 24.1 Å². The molecule has 0 saturated carbocycles. The average molecular weight is 313 g/mol. The Morgan fingerprint density at radius 3 is 3.00 bits per heavy atom. The van der Waals surface area contributed by atoms with Crippen LogP contribution < -0.4 is 11.1 Å². The first-order chi connectivity index (χ1) is 10.0. The van der Waals surface area contributed by atoms with Crippen LogP contribution >= 0.6 is 11.6 Å². The van der Waals surface area contributed by atoms with Gasteiger partial charge in [-0.15, -0.1) is 0 Å². The lowest BCUT2D eigenvalue weighted by Gasteiger charge is -2.15. The molecule has 1 aliphatic heterocycles. The molecule has 114 valence electrons. The predicted molar refractivity (Wildman–Crippen MR) is 78.2 cm³/mol. The molecule has 1 heterocycles. The van der Waals surface area contributed by atoms with Gasteiger partial charge in [-0.2, -0.15) is 0 Å². The highest BCUT2D eigenvalue weighted by molar-refractivity contribution is 6.32. The number of hydrogen-bond acceptors (Lipinski definition) is 5. The maximum absolute atomic E-state index is 11.3. The van der Waals surface area contributed by atoms with Gasteiger partial charge >= 0.3 is 5.97 Å². The van der Waals surface area contributed by atoms with Crippen LogP contribution in [0.1, 0.15) is 24.1 Å². The van der Waals surface area contributed by atoms with Gasteiger partial charge in [-0.1, -0.05) is 17.7 Å². The number of anilines is 1. The number of amides is 1. The number of ether oxygens (including phenoxy) is 2. The highest BCUT2D eigenvalue weighted by Crippen LogP contribution is 2.32. The minimum Gasteiger partial charge on any atom is -0.464 e. The quantitative estimate of drug-likeness (QED) is 0.775. The van der Waals surface area contributed by atoms with Gasteiger partial charge in [0.05, 0.1) is 25.7 Å². The molecule has 0 spiro atoms. The SMILES string of the molecule is CCOC(=O)COCC(N)c1cc2c(cc1Cl)NC(=O)C2. The fourth-order valence-corrected chi connectivity index (χ4v) is 2.42. The van der Waals surface area contributed by atoms with E-state index in [0.29, 0.717) is 29.3 Å². The molecule has 21 heavy (non-hydrogen) atoms. The first-order valence-corrected chi connectivity index (χ1v) is 7.00. The lowest BCUT2D eigenvalue weighted by Crippen LogP contribution is -2.21. The second-order valence-electron chi connectivity index (χ2n) is 4.68. The van der Waals surface area contributed by atoms with Gasteiger partial charge in [0.2, 0.25) is 5.91 Å². The van der Waals surface area contributed by atoms with Crippen molar-refractivity contribution in [2.24, 2.45) is 5.73 Å². The molecule has 1 atom stereocenters. The molecule has 6 nitrogen and oxygen atoms in total. The van der Waals surface area contributed by atoms with E-state index in [-0.39, 0.29) is 19.1 Å². The Morgan fingerprint density at radius 2 is 2.29 bits per heavy atom. The van der Waals surface area contributed by atoms with Crippen LogP contribution in [-0.2, 0) is 25.5 Å². The molecule has 7 heteroatoms. The largest absolute Gasteiger partial charge is 0.464 e. The second kappa shape index (κ2) is 6.89. The predicted octanol–water partition coefficient (Wildman–Crippen LogP) is 1.41. The van der Waals surface area contributed by atoms with Crippen molar-refractivity contribution >= 4 is 29.2 Å². The number of fused-ring (bicyclic) bond motifs is 1. The number of nitrogens with two attached hydrogens (primary N) is 1. The number of rotatable bonds is 6. The molecule has 0 radical (unpaired) electrons. The van der Waals surface area contributed by atoms with Gasteiger partial charge in [0.1, 0.15) is 6.61 Å². The summed E-state index contributed by atoms with van der Waals surface area (Å²) in [5, 5.41) is 3.18. The summed E-state index contributed by atoms with van der Waals surface area (Å²) in [7, 11) is 0. The van der Waals surface area contributed by atoms with Crippen molar-refractivity contribution in [2.75, 3.05) is 25.1 Å². The molecule has 1 aromatic rings. The topological polar surface area (TPSA) is 90.7 Å². The summed E-state index contributed by atoms with van der Waals surface area (Å²) in [5.41, 5.74) is 8.29. The van der Waals surface area contributed by atoms with Crippen LogP contribution in [0.3, 0.4) is 0 Å². The molecule has 3 N–H and O–H groups in total. The van der Waals surface area contributed by atoms with Crippen LogP contribution in [0.4, 0.5) is 5.69 Å². The maximum Gasteiger partial charge on any atom is 0.332 e. The highest BCUT2D eigenvalue weighted by atomic mass is 35.5. The Labute approximate surface area is 127 Å². The van der Waals surface area contributed by atoms with Crippen molar-refractivity contribution in [1.29, 1.82) is 0 Å². The zero-order valence-corrected chi connectivity index (χ0v) is 12.4. The van der Waals surface area contributed by atoms with Crippen molar-refractivity contribution in [3.8, 4) is 0 Å². The Morgan fingerprint density at radius 1 is 1.52 bits per heavy atom. The lowest BCUT2D eigenvalue weighted by molar-refractivity contribution is -0.148. The minimum atomic E-state index is -0.479. The third-order valence-electron chi connectivity index (χ3n) is 3.07. The van der Waals surface area contributed by atoms with Crippen LogP contribution in [0.15, 0.2) is 12.1 Å². The van der Waals surface area contributed by atoms with Crippen molar-refractivity contribution in [1.82, 2.24) is 0 Å². The number of halogens is 1. The molecule has 0 bridgehead atoms. The van der Waals surface area contributed by atoms with E-state index in [0.717, 1.165) is 5.56 Å². The summed E-state index contributed by atoms with van der Waals surface area (Å²) in [6.07, 6.45) is 0.315. The summed E-state index contributed by atoms with van der Waals surface area (Å²) < 4.78 is 9.97. The lowest BCUT2D eigenvalue weighted by atomic mass is 10.0. The molecule has 0 saturated heterocycles. The Balaban J connectivity index is 1.97. The van der Waals surface area contributed by atoms with E-state index in [4.69, 9.17) is 26.8 Å². The summed E-state index contributed by atoms with van der Waals surface area (Å²) in [4.78, 5) is 22.5. The maximum atomic E-state index is 11.3. The third kappa shape index (κ3) is 3.93. The highest BCUT2D eigenvalue weighted by Gasteiger charge is 2.21. The van der Waals surface area contributed by atoms with Gasteiger partial charge in [-0.25, -0.2) is 4.79 Å². The standard InChI is InChI=1S/C14H17ClN2O4/c1-2-21-14(19)7-20-6-11(16)9-3-8-4-13(18)17-12(8)5-10(9)15/h3,5,11H,2,4,6-7,16H2,1H3,(H,17,18). The van der Waals surface area contributed by atoms with Gasteiger partial charge in [0, 0.05) is 10.7 Å². The molecule has 1 amide bonds. The van der Waals surface area contributed by atoms with Crippen molar-refractivity contribution in [2.45, 2.75) is 19.4 Å². The molecule has 1 aromatic carbocycles. The van der Waals surface area contributed by atoms with E-state index in [9.17, 15) is 9.59 Å². The van der Waals surface area contributed by atoms with Gasteiger partial charge in [-0.3, -0.25) is 4.79 Å². The fourth-order valence-electron chi connectivity index (χ4n) is 2.11. The third-order valence-corrected chi connectivity index (χ3v) is 3.40. The molecular formula is C14H17ClN2O4. The summed E-state index contributed by atoms with van der Waals surface area (Å²) in [6.45, 7) is 2.03. The molecule has 0 aromatic heterocycles. The number of carbonyl (C=O) groups is 2. The normalized spacial score (nSPS) is 14.5. The summed E-state index contributed by atoms with van der Waals surface area (Å²) in [5.74, 6) is -0.495. The van der Waals surface area contributed by atoms with Crippen LogP contribution in [0.25, 0.3) is 0 Å². The number of nitrogens with one attached hydrogen (secondary N) is 1. The number of benzene rings is 1. The fraction of sp³-hybridized carbons (Fsp3) is 0.429. The van der Waals surface area contributed by atoms with Gasteiger partial charge < -0.3 is 20.5 Å². The van der Waals surface area contributed by atoms with E-state index in [1.54, 1.807) is 19.1 Å². The monoisotopic (exact) mass is 312 g/mol. The first kappa shape index (κ1) is 15.8. The zero-order valence-electron chi connectivity index (χ0n) is 11.6. The van der Waals surface area contributed by atoms with E-state index >= 15 is 0 Å². The van der Waals surface area contributed by atoms with E-state index < -0.39 is 12.0 Å². The van der Waals surface area contributed by atoms with Crippen LogP contribution in [0, 0.1) is 0 Å². The Hall–Kier alpha value is -1.63. The smallest absolute Gasteiger partial charge is 0.332 e. The van der Waals surface area contributed by atoms with E-state index in [1.165, 1.54) is 0 Å². The van der Waals surface area contributed by atoms with Crippen molar-refractivity contribution in [3.63, 3.8) is 0 Å². The van der Waals surface area contributed by atoms with Crippen LogP contribution in [0.2, 0.25) is 5.02 Å². The van der Waals surface area contributed by atoms with Crippen molar-refractivity contribution in [3.05, 3.63) is 28.3 Å². The summed E-state index contributed by atoms with van der Waals surface area (Å²) in [6, 6.07) is 3.00. The molecule has 2 rings (SSSR count).